The van der Waals surface area contributed by atoms with Gasteiger partial charge in [-0.25, -0.2) is 4.39 Å². The molecular weight excluding hydrogens is 549 g/mol. The van der Waals surface area contributed by atoms with Gasteiger partial charge in [0.15, 0.2) is 0 Å². The van der Waals surface area contributed by atoms with Gasteiger partial charge in [-0.15, -0.1) is 0 Å². The van der Waals surface area contributed by atoms with Crippen LogP contribution in [0.1, 0.15) is 36.0 Å². The Hall–Kier alpha value is -3.05. The van der Waals surface area contributed by atoms with E-state index in [0.717, 1.165) is 45.3 Å². The fraction of sp³-hybridized carbons (Fsp3) is 0.500. The second-order valence-corrected chi connectivity index (χ2v) is 11.7. The maximum absolute atomic E-state index is 14.7. The minimum absolute atomic E-state index is 0.00181. The third-order valence-corrected chi connectivity index (χ3v) is 9.18. The number of halogens is 2. The smallest absolute Gasteiger partial charge is 0.256 e. The van der Waals surface area contributed by atoms with E-state index in [0.29, 0.717) is 23.8 Å². The molecule has 0 saturated carbocycles. The van der Waals surface area contributed by atoms with E-state index in [2.05, 4.69) is 10.2 Å². The molecule has 41 heavy (non-hydrogen) atoms. The summed E-state index contributed by atoms with van der Waals surface area (Å²) >= 11 is 5.93. The van der Waals surface area contributed by atoms with Gasteiger partial charge in [0.25, 0.3) is 11.8 Å². The number of piperidine rings is 1. The van der Waals surface area contributed by atoms with Crippen LogP contribution in [0.15, 0.2) is 36.4 Å². The molecule has 4 aliphatic rings. The van der Waals surface area contributed by atoms with Crippen LogP contribution in [0.4, 0.5) is 10.1 Å². The predicted octanol–water partition coefficient (Wildman–Crippen LogP) is 2.35. The highest BCUT2D eigenvalue weighted by molar-refractivity contribution is 6.30. The van der Waals surface area contributed by atoms with Crippen molar-refractivity contribution in [3.8, 4) is 11.1 Å². The van der Waals surface area contributed by atoms with Gasteiger partial charge in [-0.05, 0) is 81.2 Å². The molecule has 0 aromatic heterocycles. The number of amides is 3. The summed E-state index contributed by atoms with van der Waals surface area (Å²) in [6.45, 7) is 3.17. The van der Waals surface area contributed by atoms with Crippen LogP contribution >= 0.6 is 11.6 Å². The van der Waals surface area contributed by atoms with Crippen LogP contribution in [0.3, 0.4) is 0 Å². The molecule has 11 heteroatoms. The molecule has 0 spiro atoms. The number of rotatable bonds is 5. The molecule has 218 valence electrons. The van der Waals surface area contributed by atoms with E-state index in [4.69, 9.17) is 11.6 Å². The van der Waals surface area contributed by atoms with E-state index >= 15 is 0 Å². The van der Waals surface area contributed by atoms with Gasteiger partial charge in [-0.2, -0.15) is 0 Å². The first-order valence-corrected chi connectivity index (χ1v) is 14.8. The second-order valence-electron chi connectivity index (χ2n) is 11.2. The van der Waals surface area contributed by atoms with E-state index < -0.39 is 11.9 Å². The van der Waals surface area contributed by atoms with Crippen molar-refractivity contribution in [2.75, 3.05) is 57.3 Å². The number of aliphatic hydroxyl groups is 1. The normalized spacial score (nSPS) is 23.9. The first-order valence-electron chi connectivity index (χ1n) is 14.5. The topological polar surface area (TPSA) is 96.4 Å². The molecule has 9 nitrogen and oxygen atoms in total. The third kappa shape index (κ3) is 5.22. The van der Waals surface area contributed by atoms with Crippen LogP contribution < -0.4 is 10.2 Å². The van der Waals surface area contributed by atoms with E-state index in [1.807, 2.05) is 0 Å². The molecule has 2 N–H and O–H groups in total. The number of piperazine rings is 1. The van der Waals surface area contributed by atoms with Gasteiger partial charge in [-0.3, -0.25) is 19.3 Å². The Morgan fingerprint density at radius 3 is 2.59 bits per heavy atom. The number of carbonyl (C=O) groups is 3. The fourth-order valence-electron chi connectivity index (χ4n) is 6.90. The quantitative estimate of drug-likeness (QED) is 0.561. The van der Waals surface area contributed by atoms with Crippen LogP contribution in [-0.4, -0.2) is 108 Å². The second kappa shape index (κ2) is 11.7. The zero-order valence-electron chi connectivity index (χ0n) is 22.9. The number of nitrogens with one attached hydrogen (secondary N) is 1. The first-order chi connectivity index (χ1) is 19.9. The molecule has 0 radical (unpaired) electrons. The van der Waals surface area contributed by atoms with Crippen LogP contribution in [0.5, 0.6) is 0 Å². The summed E-state index contributed by atoms with van der Waals surface area (Å²) in [7, 11) is 0. The summed E-state index contributed by atoms with van der Waals surface area (Å²) in [5, 5.41) is 13.5. The number of benzene rings is 2. The molecular formula is C30H35ClFN5O4. The molecule has 2 aromatic rings. The highest BCUT2D eigenvalue weighted by Gasteiger charge is 2.46. The number of hydrogen-bond acceptors (Lipinski definition) is 6. The Bertz CT molecular complexity index is 1350. The summed E-state index contributed by atoms with van der Waals surface area (Å²) in [4.78, 5) is 48.7. The number of anilines is 1. The van der Waals surface area contributed by atoms with Crippen molar-refractivity contribution in [2.24, 2.45) is 0 Å². The monoisotopic (exact) mass is 583 g/mol. The Kier molecular flexibility index (Phi) is 8.00. The Balaban J connectivity index is 1.28. The van der Waals surface area contributed by atoms with Gasteiger partial charge in [0.2, 0.25) is 5.91 Å². The molecule has 0 bridgehead atoms. The van der Waals surface area contributed by atoms with E-state index in [1.165, 1.54) is 15.9 Å². The lowest BCUT2D eigenvalue weighted by molar-refractivity contribution is -0.141. The first kappa shape index (κ1) is 28.1. The maximum atomic E-state index is 14.7. The lowest BCUT2D eigenvalue weighted by atomic mass is 10.00. The number of nitrogens with zero attached hydrogens (tertiary/aromatic N) is 4. The van der Waals surface area contributed by atoms with Gasteiger partial charge >= 0.3 is 0 Å². The van der Waals surface area contributed by atoms with Crippen LogP contribution in [0.2, 0.25) is 5.02 Å². The zero-order chi connectivity index (χ0) is 28.7. The Morgan fingerprint density at radius 1 is 1.02 bits per heavy atom. The highest BCUT2D eigenvalue weighted by Crippen LogP contribution is 2.35. The minimum atomic E-state index is -0.872. The van der Waals surface area contributed by atoms with Crippen molar-refractivity contribution < 1.29 is 23.9 Å². The Labute approximate surface area is 243 Å². The van der Waals surface area contributed by atoms with Crippen molar-refractivity contribution in [3.63, 3.8) is 0 Å². The fourth-order valence-corrected chi connectivity index (χ4v) is 7.05. The molecule has 3 saturated heterocycles. The molecule has 3 amide bonds. The molecule has 4 heterocycles. The van der Waals surface area contributed by atoms with Crippen LogP contribution in [0.25, 0.3) is 11.1 Å². The summed E-state index contributed by atoms with van der Waals surface area (Å²) in [6.07, 6.45) is 3.80. The number of aliphatic hydroxyl groups excluding tert-OH is 1. The average molecular weight is 584 g/mol. The van der Waals surface area contributed by atoms with Gasteiger partial charge in [0.1, 0.15) is 11.9 Å². The van der Waals surface area contributed by atoms with Gasteiger partial charge in [0, 0.05) is 36.3 Å². The molecule has 2 unspecified atom stereocenters. The largest absolute Gasteiger partial charge is 0.395 e. The highest BCUT2D eigenvalue weighted by atomic mass is 35.5. The van der Waals surface area contributed by atoms with Gasteiger partial charge in [-0.1, -0.05) is 17.7 Å². The molecule has 4 aliphatic heterocycles. The van der Waals surface area contributed by atoms with Crippen molar-refractivity contribution >= 4 is 35.0 Å². The average Bonchev–Trinajstić information content (AvgIpc) is 3.46. The van der Waals surface area contributed by atoms with Gasteiger partial charge in [0.05, 0.1) is 30.4 Å². The summed E-state index contributed by atoms with van der Waals surface area (Å²) in [5.74, 6) is -1.18. The summed E-state index contributed by atoms with van der Waals surface area (Å²) in [5.41, 5.74) is 1.39. The van der Waals surface area contributed by atoms with E-state index in [1.54, 1.807) is 35.2 Å². The number of likely N-dealkylation sites (tertiary alicyclic amines) is 1. The standard InChI is InChI=1S/C30H35ClFN5O4/c31-20-4-5-22(24(32)17-20)19-3-6-25-23(16-19)28(39)36-13-12-34(18-27(36)30(41)37(25)14-15-38)29(40)26-2-1-11-35(26)21-7-9-33-10-8-21/h3-6,16-17,21,26-27,33,38H,1-2,7-15,18H2. The molecule has 0 aliphatic carbocycles. The van der Waals surface area contributed by atoms with Crippen molar-refractivity contribution in [1.29, 1.82) is 0 Å². The van der Waals surface area contributed by atoms with Crippen molar-refractivity contribution in [2.45, 2.75) is 43.8 Å². The van der Waals surface area contributed by atoms with Crippen LogP contribution in [-0.2, 0) is 9.59 Å². The minimum Gasteiger partial charge on any atom is -0.395 e. The third-order valence-electron chi connectivity index (χ3n) is 8.94. The lowest BCUT2D eigenvalue weighted by Crippen LogP contribution is -2.63. The molecule has 3 fully saturated rings. The van der Waals surface area contributed by atoms with Gasteiger partial charge < -0.3 is 25.1 Å². The van der Waals surface area contributed by atoms with Crippen LogP contribution in [0, 0.1) is 5.82 Å². The van der Waals surface area contributed by atoms with Crippen molar-refractivity contribution in [3.05, 3.63) is 52.8 Å². The van der Waals surface area contributed by atoms with E-state index in [9.17, 15) is 23.9 Å². The molecule has 6 rings (SSSR count). The summed E-state index contributed by atoms with van der Waals surface area (Å²) in [6, 6.07) is 8.54. The number of fused-ring (bicyclic) bond motifs is 2. The molecule has 2 aromatic carbocycles. The maximum Gasteiger partial charge on any atom is 0.256 e. The SMILES string of the molecule is O=C(C1CCCN1C1CCNCC1)N1CCN2C(=O)c3cc(-c4ccc(Cl)cc4F)ccc3N(CCO)C(=O)C2C1. The number of hydrogen-bond donors (Lipinski definition) is 2. The number of β-amino-alcohol motifs (C(OH)–C–C–N with tert-alkyl or cyclic N) is 1. The predicted molar refractivity (Wildman–Crippen MR) is 153 cm³/mol. The zero-order valence-corrected chi connectivity index (χ0v) is 23.7. The Morgan fingerprint density at radius 2 is 1.83 bits per heavy atom. The lowest BCUT2D eigenvalue weighted by Gasteiger charge is -2.43. The summed E-state index contributed by atoms with van der Waals surface area (Å²) < 4.78 is 14.7. The number of carbonyl (C=O) groups excluding carboxylic acids is 3. The van der Waals surface area contributed by atoms with Crippen molar-refractivity contribution in [1.82, 2.24) is 20.0 Å². The van der Waals surface area contributed by atoms with E-state index in [-0.39, 0.29) is 66.2 Å². The molecule has 2 atom stereocenters.